The highest BCUT2D eigenvalue weighted by Gasteiger charge is 2.28. The molecule has 1 amide bonds. The van der Waals surface area contributed by atoms with Crippen LogP contribution in [0.3, 0.4) is 0 Å². The summed E-state index contributed by atoms with van der Waals surface area (Å²) in [6, 6.07) is 13.8. The summed E-state index contributed by atoms with van der Waals surface area (Å²) in [4.78, 5) is 16.5. The minimum absolute atomic E-state index is 0.0935. The van der Waals surface area contributed by atoms with Gasteiger partial charge in [-0.2, -0.15) is 0 Å². The van der Waals surface area contributed by atoms with Gasteiger partial charge in [-0.1, -0.05) is 37.1 Å². The lowest BCUT2D eigenvalue weighted by Gasteiger charge is -2.35. The van der Waals surface area contributed by atoms with Crippen molar-refractivity contribution in [2.45, 2.75) is 38.6 Å². The van der Waals surface area contributed by atoms with Gasteiger partial charge >= 0.3 is 0 Å². The summed E-state index contributed by atoms with van der Waals surface area (Å²) < 4.78 is 5.28. The van der Waals surface area contributed by atoms with Crippen molar-refractivity contribution in [2.24, 2.45) is 0 Å². The highest BCUT2D eigenvalue weighted by molar-refractivity contribution is 7.16. The largest absolute Gasteiger partial charge is 0.459 e. The van der Waals surface area contributed by atoms with Gasteiger partial charge in [0, 0.05) is 15.5 Å². The lowest BCUT2D eigenvalue weighted by atomic mass is 9.96. The molecule has 29 heavy (non-hydrogen) atoms. The van der Waals surface area contributed by atoms with Crippen molar-refractivity contribution < 1.29 is 9.21 Å². The molecule has 0 saturated carbocycles. The molecule has 1 aromatic carbocycles. The zero-order valence-electron chi connectivity index (χ0n) is 16.5. The summed E-state index contributed by atoms with van der Waals surface area (Å²) in [5.41, 5.74) is 2.35. The molecule has 1 saturated heterocycles. The quantitative estimate of drug-likeness (QED) is 0.495. The maximum absolute atomic E-state index is 12.7. The van der Waals surface area contributed by atoms with E-state index in [1.54, 1.807) is 23.5 Å². The number of carbonyl (C=O) groups is 1. The number of amides is 1. The van der Waals surface area contributed by atoms with Crippen molar-refractivity contribution in [3.63, 3.8) is 0 Å². The Bertz CT molecular complexity index is 944. The van der Waals surface area contributed by atoms with Gasteiger partial charge in [-0.15, -0.1) is 11.3 Å². The molecule has 0 spiro atoms. The Morgan fingerprint density at radius 1 is 1.21 bits per heavy atom. The van der Waals surface area contributed by atoms with Gasteiger partial charge in [-0.05, 0) is 68.2 Å². The second-order valence-corrected chi connectivity index (χ2v) is 8.91. The van der Waals surface area contributed by atoms with Crippen LogP contribution in [0.4, 0.5) is 5.00 Å². The van der Waals surface area contributed by atoms with Crippen molar-refractivity contribution in [1.29, 1.82) is 0 Å². The van der Waals surface area contributed by atoms with Crippen LogP contribution < -0.4 is 5.32 Å². The standard InChI is InChI=1S/C23H25ClN2O2S/c1-2-18-15-19(23(29-18)25-22(27)20-7-6-14-28-20)21(26-12-4-3-5-13-26)16-8-10-17(24)11-9-16/h6-11,14-15,21H,2-5,12-13H2,1H3,(H,25,27)/t21-/m1/s1. The summed E-state index contributed by atoms with van der Waals surface area (Å²) in [5.74, 6) is 0.109. The van der Waals surface area contributed by atoms with E-state index in [0.717, 1.165) is 35.1 Å². The highest BCUT2D eigenvalue weighted by Crippen LogP contribution is 2.40. The number of furan rings is 1. The third-order valence-electron chi connectivity index (χ3n) is 5.37. The first-order chi connectivity index (χ1) is 14.2. The number of nitrogens with one attached hydrogen (secondary N) is 1. The van der Waals surface area contributed by atoms with E-state index < -0.39 is 0 Å². The van der Waals surface area contributed by atoms with Crippen LogP contribution >= 0.6 is 22.9 Å². The van der Waals surface area contributed by atoms with Crippen LogP contribution in [-0.4, -0.2) is 23.9 Å². The molecule has 2 aromatic heterocycles. The number of rotatable bonds is 6. The number of anilines is 1. The molecule has 0 unspecified atom stereocenters. The summed E-state index contributed by atoms with van der Waals surface area (Å²) in [6.45, 7) is 4.25. The molecule has 1 N–H and O–H groups in total. The summed E-state index contributed by atoms with van der Waals surface area (Å²) in [7, 11) is 0. The van der Waals surface area contributed by atoms with E-state index in [2.05, 4.69) is 35.3 Å². The number of aryl methyl sites for hydroxylation is 1. The van der Waals surface area contributed by atoms with Crippen LogP contribution in [0.25, 0.3) is 0 Å². The summed E-state index contributed by atoms with van der Waals surface area (Å²) in [5, 5.41) is 4.73. The third-order valence-corrected chi connectivity index (χ3v) is 6.83. The SMILES string of the molecule is CCc1cc([C@@H](c2ccc(Cl)cc2)N2CCCCC2)c(NC(=O)c2ccco2)s1. The lowest BCUT2D eigenvalue weighted by Crippen LogP contribution is -2.34. The summed E-state index contributed by atoms with van der Waals surface area (Å²) in [6.07, 6.45) is 6.12. The Hall–Kier alpha value is -2.08. The predicted octanol–water partition coefficient (Wildman–Crippen LogP) is 6.38. The molecule has 0 aliphatic carbocycles. The molecule has 3 aromatic rings. The van der Waals surface area contributed by atoms with E-state index >= 15 is 0 Å². The van der Waals surface area contributed by atoms with E-state index in [0.29, 0.717) is 5.76 Å². The topological polar surface area (TPSA) is 45.5 Å². The molecule has 4 rings (SSSR count). The first kappa shape index (κ1) is 20.2. The number of thiophene rings is 1. The normalized spacial score (nSPS) is 15.9. The van der Waals surface area contributed by atoms with Crippen molar-refractivity contribution in [3.8, 4) is 0 Å². The maximum atomic E-state index is 12.7. The lowest BCUT2D eigenvalue weighted by molar-refractivity contribution is 0.0996. The van der Waals surface area contributed by atoms with E-state index in [4.69, 9.17) is 16.0 Å². The molecule has 3 heterocycles. The number of halogens is 1. The molecule has 152 valence electrons. The van der Waals surface area contributed by atoms with Crippen molar-refractivity contribution in [2.75, 3.05) is 18.4 Å². The number of hydrogen-bond donors (Lipinski definition) is 1. The molecular weight excluding hydrogens is 404 g/mol. The molecule has 1 aliphatic heterocycles. The molecule has 1 fully saturated rings. The minimum atomic E-state index is -0.214. The molecule has 1 aliphatic rings. The Balaban J connectivity index is 1.73. The third kappa shape index (κ3) is 4.58. The van der Waals surface area contributed by atoms with Gasteiger partial charge in [0.1, 0.15) is 5.00 Å². The van der Waals surface area contributed by atoms with Crippen LogP contribution in [0, 0.1) is 0 Å². The van der Waals surface area contributed by atoms with Crippen molar-refractivity contribution in [1.82, 2.24) is 4.90 Å². The average molecular weight is 429 g/mol. The van der Waals surface area contributed by atoms with Gasteiger partial charge in [0.05, 0.1) is 12.3 Å². The first-order valence-corrected chi connectivity index (χ1v) is 11.3. The van der Waals surface area contributed by atoms with Crippen LogP contribution in [0.1, 0.15) is 58.8 Å². The van der Waals surface area contributed by atoms with Gasteiger partial charge in [-0.3, -0.25) is 9.69 Å². The molecule has 0 radical (unpaired) electrons. The van der Waals surface area contributed by atoms with Crippen molar-refractivity contribution >= 4 is 33.8 Å². The number of hydrogen-bond acceptors (Lipinski definition) is 4. The average Bonchev–Trinajstić information content (AvgIpc) is 3.41. The van der Waals surface area contributed by atoms with Crippen LogP contribution in [-0.2, 0) is 6.42 Å². The Labute approximate surface area is 180 Å². The van der Waals surface area contributed by atoms with E-state index in [9.17, 15) is 4.79 Å². The zero-order valence-corrected chi connectivity index (χ0v) is 18.1. The predicted molar refractivity (Wildman–Crippen MR) is 119 cm³/mol. The molecular formula is C23H25ClN2O2S. The molecule has 4 nitrogen and oxygen atoms in total. The number of nitrogens with zero attached hydrogens (tertiary/aromatic N) is 1. The van der Waals surface area contributed by atoms with Gasteiger partial charge in [0.2, 0.25) is 0 Å². The molecule has 6 heteroatoms. The Morgan fingerprint density at radius 2 is 1.97 bits per heavy atom. The van der Waals surface area contributed by atoms with Crippen LogP contribution in [0.5, 0.6) is 0 Å². The second kappa shape index (κ2) is 9.16. The minimum Gasteiger partial charge on any atom is -0.459 e. The highest BCUT2D eigenvalue weighted by atomic mass is 35.5. The second-order valence-electron chi connectivity index (χ2n) is 7.33. The van der Waals surface area contributed by atoms with Gasteiger partial charge < -0.3 is 9.73 Å². The maximum Gasteiger partial charge on any atom is 0.291 e. The van der Waals surface area contributed by atoms with E-state index in [1.165, 1.54) is 36.0 Å². The van der Waals surface area contributed by atoms with E-state index in [1.807, 2.05) is 12.1 Å². The smallest absolute Gasteiger partial charge is 0.291 e. The van der Waals surface area contributed by atoms with Crippen LogP contribution in [0.2, 0.25) is 5.02 Å². The fourth-order valence-corrected chi connectivity index (χ4v) is 5.07. The number of likely N-dealkylation sites (tertiary alicyclic amines) is 1. The fraction of sp³-hybridized carbons (Fsp3) is 0.348. The number of piperidine rings is 1. The van der Waals surface area contributed by atoms with Gasteiger partial charge in [0.25, 0.3) is 5.91 Å². The van der Waals surface area contributed by atoms with Gasteiger partial charge in [-0.25, -0.2) is 0 Å². The Kier molecular flexibility index (Phi) is 6.38. The number of carbonyl (C=O) groups excluding carboxylic acids is 1. The van der Waals surface area contributed by atoms with E-state index in [-0.39, 0.29) is 11.9 Å². The first-order valence-electron chi connectivity index (χ1n) is 10.1. The molecule has 1 atom stereocenters. The van der Waals surface area contributed by atoms with Gasteiger partial charge in [0.15, 0.2) is 5.76 Å². The fourth-order valence-electron chi connectivity index (χ4n) is 3.91. The van der Waals surface area contributed by atoms with Crippen molar-refractivity contribution in [3.05, 3.63) is 75.5 Å². The number of benzene rings is 1. The Morgan fingerprint density at radius 3 is 2.62 bits per heavy atom. The van der Waals surface area contributed by atoms with Crippen LogP contribution in [0.15, 0.2) is 53.1 Å². The monoisotopic (exact) mass is 428 g/mol. The molecule has 0 bridgehead atoms. The zero-order chi connectivity index (χ0) is 20.2. The summed E-state index contributed by atoms with van der Waals surface area (Å²) >= 11 is 7.80.